The fraction of sp³-hybridized carbons (Fsp3) is 0.222. The van der Waals surface area contributed by atoms with Gasteiger partial charge in [0.2, 0.25) is 0 Å². The molecule has 1 N–H and O–H groups in total. The fourth-order valence-electron chi connectivity index (χ4n) is 1.05. The second-order valence-electron chi connectivity index (χ2n) is 2.74. The summed E-state index contributed by atoms with van der Waals surface area (Å²) in [4.78, 5) is 12.5. The molecule has 0 radical (unpaired) electrons. The van der Waals surface area contributed by atoms with Gasteiger partial charge in [0, 0.05) is 13.6 Å². The molecule has 1 aromatic heterocycles. The van der Waals surface area contributed by atoms with Crippen LogP contribution in [0.15, 0.2) is 24.9 Å². The Balaban J connectivity index is 3.06. The molecule has 0 aromatic carbocycles. The molecule has 0 aliphatic carbocycles. The lowest BCUT2D eigenvalue weighted by atomic mass is 10.2. The smallest absolute Gasteiger partial charge is 0.339 e. The van der Waals surface area contributed by atoms with Crippen molar-refractivity contribution < 1.29 is 9.90 Å². The summed E-state index contributed by atoms with van der Waals surface area (Å²) in [7, 11) is 1.73. The Kier molecular flexibility index (Phi) is 3.17. The third kappa shape index (κ3) is 2.07. The summed E-state index contributed by atoms with van der Waals surface area (Å²) in [5.74, 6) is -0.661. The van der Waals surface area contributed by atoms with E-state index >= 15 is 0 Å². The quantitative estimate of drug-likeness (QED) is 0.716. The summed E-state index contributed by atoms with van der Waals surface area (Å²) in [6.07, 6.45) is 3.02. The second-order valence-corrected chi connectivity index (χ2v) is 2.74. The first-order chi connectivity index (χ1) is 6.66. The molecule has 14 heavy (non-hydrogen) atoms. The normalized spacial score (nSPS) is 9.50. The average Bonchev–Trinajstić information content (AvgIpc) is 2.18. The Labute approximate surface area is 81.7 Å². The Morgan fingerprint density at radius 2 is 2.50 bits per heavy atom. The predicted octanol–water partition coefficient (Wildman–Crippen LogP) is 0.797. The van der Waals surface area contributed by atoms with Crippen molar-refractivity contribution in [1.82, 2.24) is 10.2 Å². The number of aromatic nitrogens is 2. The molecule has 0 unspecified atom stereocenters. The highest BCUT2D eigenvalue weighted by Gasteiger charge is 2.13. The van der Waals surface area contributed by atoms with Crippen LogP contribution in [0.25, 0.3) is 0 Å². The first kappa shape index (κ1) is 10.2. The zero-order valence-corrected chi connectivity index (χ0v) is 7.84. The van der Waals surface area contributed by atoms with Gasteiger partial charge in [-0.25, -0.2) is 4.79 Å². The van der Waals surface area contributed by atoms with Crippen LogP contribution in [0.3, 0.4) is 0 Å². The number of rotatable bonds is 4. The van der Waals surface area contributed by atoms with E-state index in [0.29, 0.717) is 12.4 Å². The average molecular weight is 193 g/mol. The van der Waals surface area contributed by atoms with Gasteiger partial charge >= 0.3 is 5.97 Å². The van der Waals surface area contributed by atoms with E-state index in [1.54, 1.807) is 18.0 Å². The van der Waals surface area contributed by atoms with Gasteiger partial charge in [-0.2, -0.15) is 5.10 Å². The standard InChI is InChI=1S/C9H11N3O2/c1-3-6-12(2)8-7(9(13)14)4-5-10-11-8/h3-5H,1,6H2,2H3,(H,13,14). The molecular formula is C9H11N3O2. The molecule has 5 heteroatoms. The summed E-state index contributed by atoms with van der Waals surface area (Å²) in [6, 6.07) is 1.42. The molecule has 0 saturated carbocycles. The number of hydrogen-bond acceptors (Lipinski definition) is 4. The maximum Gasteiger partial charge on any atom is 0.339 e. The first-order valence-corrected chi connectivity index (χ1v) is 4.04. The fourth-order valence-corrected chi connectivity index (χ4v) is 1.05. The van der Waals surface area contributed by atoms with Gasteiger partial charge in [-0.1, -0.05) is 6.08 Å². The summed E-state index contributed by atoms with van der Waals surface area (Å²) in [6.45, 7) is 4.09. The minimum Gasteiger partial charge on any atom is -0.478 e. The number of hydrogen-bond donors (Lipinski definition) is 1. The van der Waals surface area contributed by atoms with E-state index in [1.165, 1.54) is 12.3 Å². The van der Waals surface area contributed by atoms with Crippen molar-refractivity contribution in [2.75, 3.05) is 18.5 Å². The molecule has 5 nitrogen and oxygen atoms in total. The van der Waals surface area contributed by atoms with Crippen molar-refractivity contribution in [2.24, 2.45) is 0 Å². The van der Waals surface area contributed by atoms with E-state index in [-0.39, 0.29) is 5.56 Å². The Morgan fingerprint density at radius 1 is 1.79 bits per heavy atom. The molecule has 0 aliphatic heterocycles. The van der Waals surface area contributed by atoms with Crippen molar-refractivity contribution in [3.63, 3.8) is 0 Å². The van der Waals surface area contributed by atoms with Crippen molar-refractivity contribution >= 4 is 11.8 Å². The number of likely N-dealkylation sites (N-methyl/N-ethyl adjacent to an activating group) is 1. The predicted molar refractivity (Wildman–Crippen MR) is 52.5 cm³/mol. The topological polar surface area (TPSA) is 66.3 Å². The molecule has 0 saturated heterocycles. The van der Waals surface area contributed by atoms with Gasteiger partial charge in [-0.15, -0.1) is 11.7 Å². The molecular weight excluding hydrogens is 182 g/mol. The monoisotopic (exact) mass is 193 g/mol. The lowest BCUT2D eigenvalue weighted by molar-refractivity contribution is 0.0697. The van der Waals surface area contributed by atoms with Crippen LogP contribution >= 0.6 is 0 Å². The molecule has 1 aromatic rings. The van der Waals surface area contributed by atoms with Gasteiger partial charge in [0.15, 0.2) is 5.82 Å². The van der Waals surface area contributed by atoms with E-state index in [1.807, 2.05) is 0 Å². The second kappa shape index (κ2) is 4.36. The van der Waals surface area contributed by atoms with Crippen molar-refractivity contribution in [3.8, 4) is 0 Å². The molecule has 0 spiro atoms. The Bertz CT molecular complexity index is 352. The zero-order valence-electron chi connectivity index (χ0n) is 7.84. The van der Waals surface area contributed by atoms with Crippen LogP contribution in [0.2, 0.25) is 0 Å². The number of nitrogens with zero attached hydrogens (tertiary/aromatic N) is 3. The van der Waals surface area contributed by atoms with Gasteiger partial charge in [0.1, 0.15) is 5.56 Å². The van der Waals surface area contributed by atoms with Crippen LogP contribution in [0.1, 0.15) is 10.4 Å². The highest BCUT2D eigenvalue weighted by atomic mass is 16.4. The van der Waals surface area contributed by atoms with E-state index in [2.05, 4.69) is 16.8 Å². The van der Waals surface area contributed by atoms with Crippen molar-refractivity contribution in [3.05, 3.63) is 30.5 Å². The summed E-state index contributed by atoms with van der Waals surface area (Å²) < 4.78 is 0. The maximum atomic E-state index is 10.8. The largest absolute Gasteiger partial charge is 0.478 e. The lowest BCUT2D eigenvalue weighted by Gasteiger charge is -2.16. The van der Waals surface area contributed by atoms with Crippen LogP contribution in [0.5, 0.6) is 0 Å². The van der Waals surface area contributed by atoms with E-state index < -0.39 is 5.97 Å². The van der Waals surface area contributed by atoms with Gasteiger partial charge in [-0.3, -0.25) is 0 Å². The number of carboxylic acids is 1. The third-order valence-corrected chi connectivity index (χ3v) is 1.70. The zero-order chi connectivity index (χ0) is 10.6. The van der Waals surface area contributed by atoms with Crippen molar-refractivity contribution in [2.45, 2.75) is 0 Å². The molecule has 1 rings (SSSR count). The van der Waals surface area contributed by atoms with E-state index in [4.69, 9.17) is 5.11 Å². The summed E-state index contributed by atoms with van der Waals surface area (Å²) in [5, 5.41) is 16.3. The minimum atomic E-state index is -1.01. The molecule has 0 atom stereocenters. The Hall–Kier alpha value is -1.91. The van der Waals surface area contributed by atoms with Crippen LogP contribution in [-0.4, -0.2) is 34.9 Å². The maximum absolute atomic E-state index is 10.8. The minimum absolute atomic E-state index is 0.143. The third-order valence-electron chi connectivity index (χ3n) is 1.70. The number of carbonyl (C=O) groups is 1. The molecule has 0 amide bonds. The Morgan fingerprint density at radius 3 is 3.07 bits per heavy atom. The van der Waals surface area contributed by atoms with Gasteiger partial charge < -0.3 is 10.0 Å². The highest BCUT2D eigenvalue weighted by molar-refractivity contribution is 5.93. The summed E-state index contributed by atoms with van der Waals surface area (Å²) in [5.41, 5.74) is 0.143. The number of aromatic carboxylic acids is 1. The molecule has 1 heterocycles. The van der Waals surface area contributed by atoms with E-state index in [9.17, 15) is 4.79 Å². The number of carboxylic acid groups (broad SMARTS) is 1. The molecule has 0 fully saturated rings. The van der Waals surface area contributed by atoms with Gasteiger partial charge in [0.25, 0.3) is 0 Å². The van der Waals surface area contributed by atoms with Crippen LogP contribution in [0, 0.1) is 0 Å². The highest BCUT2D eigenvalue weighted by Crippen LogP contribution is 2.13. The molecule has 0 aliphatic rings. The lowest BCUT2D eigenvalue weighted by Crippen LogP contribution is -2.21. The first-order valence-electron chi connectivity index (χ1n) is 4.04. The van der Waals surface area contributed by atoms with Gasteiger partial charge in [-0.05, 0) is 6.07 Å². The molecule has 0 bridgehead atoms. The van der Waals surface area contributed by atoms with Gasteiger partial charge in [0.05, 0.1) is 6.20 Å². The SMILES string of the molecule is C=CCN(C)c1nnccc1C(=O)O. The number of anilines is 1. The van der Waals surface area contributed by atoms with Crippen LogP contribution < -0.4 is 4.90 Å². The van der Waals surface area contributed by atoms with Crippen molar-refractivity contribution in [1.29, 1.82) is 0 Å². The van der Waals surface area contributed by atoms with Crippen LogP contribution in [0.4, 0.5) is 5.82 Å². The summed E-state index contributed by atoms with van der Waals surface area (Å²) >= 11 is 0. The van der Waals surface area contributed by atoms with Crippen LogP contribution in [-0.2, 0) is 0 Å². The molecule has 74 valence electrons. The van der Waals surface area contributed by atoms with E-state index in [0.717, 1.165) is 0 Å².